The average molecular weight is 497 g/mol. The molecule has 0 aromatic heterocycles. The average Bonchev–Trinajstić information content (AvgIpc) is 3.22. The van der Waals surface area contributed by atoms with Crippen LogP contribution in [-0.4, -0.2) is 37.7 Å². The van der Waals surface area contributed by atoms with Crippen molar-refractivity contribution in [2.24, 2.45) is 0 Å². The zero-order valence-electron chi connectivity index (χ0n) is 18.1. The van der Waals surface area contributed by atoms with Crippen LogP contribution in [0.2, 0.25) is 0 Å². The van der Waals surface area contributed by atoms with E-state index in [4.69, 9.17) is 8.37 Å². The zero-order chi connectivity index (χ0) is 23.6. The maximum absolute atomic E-state index is 14.4. The molecule has 1 aliphatic heterocycles. The van der Waals surface area contributed by atoms with Crippen molar-refractivity contribution >= 4 is 31.2 Å². The zero-order valence-corrected chi connectivity index (χ0v) is 19.7. The first-order valence-electron chi connectivity index (χ1n) is 10.7. The van der Waals surface area contributed by atoms with E-state index in [0.717, 1.165) is 19.8 Å². The maximum Gasteiger partial charge on any atom is 0.432 e. The van der Waals surface area contributed by atoms with Crippen molar-refractivity contribution in [1.82, 2.24) is 0 Å². The van der Waals surface area contributed by atoms with E-state index in [1.54, 1.807) is 36.4 Å². The van der Waals surface area contributed by atoms with Gasteiger partial charge in [0.1, 0.15) is 5.75 Å². The Hall–Kier alpha value is -1.52. The van der Waals surface area contributed by atoms with Gasteiger partial charge < -0.3 is 4.74 Å². The van der Waals surface area contributed by atoms with E-state index >= 15 is 0 Å². The third kappa shape index (κ3) is 4.46. The van der Waals surface area contributed by atoms with Crippen molar-refractivity contribution < 1.29 is 34.3 Å². The molecule has 0 amide bonds. The first-order chi connectivity index (χ1) is 15.0. The van der Waals surface area contributed by atoms with Gasteiger partial charge in [-0.15, -0.1) is 0 Å². The molecule has 1 fully saturated rings. The summed E-state index contributed by atoms with van der Waals surface area (Å²) >= 11 is 0. The second-order valence-electron chi connectivity index (χ2n) is 7.83. The molecule has 0 radical (unpaired) electrons. The molecule has 10 heteroatoms. The van der Waals surface area contributed by atoms with E-state index in [0.29, 0.717) is 40.9 Å². The Morgan fingerprint density at radius 3 is 2.19 bits per heavy atom. The molecular weight excluding hydrogens is 468 g/mol. The predicted octanol–water partition coefficient (Wildman–Crippen LogP) is 6.88. The fraction of sp³-hybridized carbons (Fsp3) is 0.545. The summed E-state index contributed by atoms with van der Waals surface area (Å²) in [6, 6.07) is 10.4. The fourth-order valence-electron chi connectivity index (χ4n) is 3.72. The molecule has 2 aromatic carbocycles. The van der Waals surface area contributed by atoms with Crippen molar-refractivity contribution in [2.45, 2.75) is 62.0 Å². The van der Waals surface area contributed by atoms with Crippen LogP contribution < -0.4 is 4.74 Å². The van der Waals surface area contributed by atoms with Gasteiger partial charge in [-0.05, 0) is 36.8 Å². The van der Waals surface area contributed by atoms with Gasteiger partial charge in [0, 0.05) is 28.2 Å². The van der Waals surface area contributed by atoms with Gasteiger partial charge in [-0.25, -0.2) is 3.63 Å². The van der Waals surface area contributed by atoms with Crippen LogP contribution >= 0.6 is 10.3 Å². The molecule has 1 saturated heterocycles. The van der Waals surface area contributed by atoms with E-state index in [9.17, 15) is 26.0 Å². The molecule has 180 valence electrons. The van der Waals surface area contributed by atoms with E-state index in [1.807, 2.05) is 6.92 Å². The molecule has 0 N–H and O–H groups in total. The predicted molar refractivity (Wildman–Crippen MR) is 119 cm³/mol. The van der Waals surface area contributed by atoms with Gasteiger partial charge in [-0.1, -0.05) is 54.8 Å². The minimum atomic E-state index is -5.89. The fourth-order valence-corrected chi connectivity index (χ4v) is 9.66. The Balaban J connectivity index is 2.08. The number of ether oxygens (including phenoxy) is 1. The molecule has 3 rings (SSSR count). The topological polar surface area (TPSA) is 52.6 Å². The minimum Gasteiger partial charge on any atom is -0.493 e. The second-order valence-corrected chi connectivity index (χ2v) is 12.7. The Morgan fingerprint density at radius 2 is 1.59 bits per heavy atom. The van der Waals surface area contributed by atoms with E-state index in [-0.39, 0.29) is 11.5 Å². The molecule has 4 nitrogen and oxygen atoms in total. The molecule has 1 heterocycles. The summed E-state index contributed by atoms with van der Waals surface area (Å²) in [5.74, 6) is -3.72. The number of hydrogen-bond donors (Lipinski definition) is 0. The number of fused-ring (bicyclic) bond motifs is 1. The van der Waals surface area contributed by atoms with Gasteiger partial charge in [-0.3, -0.25) is 0 Å². The maximum atomic E-state index is 14.4. The summed E-state index contributed by atoms with van der Waals surface area (Å²) in [4.78, 5) is 0.465. The number of rotatable bonds is 10. The summed E-state index contributed by atoms with van der Waals surface area (Å²) in [5.41, 5.74) is 0. The molecule has 0 unspecified atom stereocenters. The molecule has 32 heavy (non-hydrogen) atoms. The number of alkyl halides is 4. The number of halogens is 4. The normalized spacial score (nSPS) is 18.1. The number of benzene rings is 2. The number of hydrogen-bond acceptors (Lipinski definition) is 4. The second kappa shape index (κ2) is 9.38. The van der Waals surface area contributed by atoms with Crippen LogP contribution in [0.15, 0.2) is 41.3 Å². The third-order valence-corrected chi connectivity index (χ3v) is 11.3. The van der Waals surface area contributed by atoms with Gasteiger partial charge in [0.2, 0.25) is 0 Å². The van der Waals surface area contributed by atoms with Crippen LogP contribution in [0.25, 0.3) is 10.8 Å². The monoisotopic (exact) mass is 496 g/mol. The standard InChI is InChI=1S/C22H28F4O4S2/c1-3-5-14-29-19-12-13-20(18-11-7-6-10-17(18)19)31(15-8-9-16-31)30-32(27,28)22(25,26)21(23,24)4-2/h6-7,10-13H,3-5,8-9,14-16H2,1-2H3. The smallest absolute Gasteiger partial charge is 0.432 e. The van der Waals surface area contributed by atoms with E-state index in [1.165, 1.54) is 0 Å². The highest BCUT2D eigenvalue weighted by Crippen LogP contribution is 2.65. The first kappa shape index (κ1) is 25.1. The lowest BCUT2D eigenvalue weighted by molar-refractivity contribution is -0.160. The SMILES string of the molecule is CCCCOc1ccc(S2(OS(=O)(=O)C(F)(F)C(F)(F)CC)CCCC2)c2ccccc12. The van der Waals surface area contributed by atoms with Crippen molar-refractivity contribution in [1.29, 1.82) is 0 Å². The summed E-state index contributed by atoms with van der Waals surface area (Å²) in [7, 11) is -8.67. The molecule has 0 bridgehead atoms. The third-order valence-electron chi connectivity index (χ3n) is 5.60. The molecule has 1 aliphatic rings. The van der Waals surface area contributed by atoms with Crippen LogP contribution in [-0.2, 0) is 13.7 Å². The van der Waals surface area contributed by atoms with Gasteiger partial charge in [0.15, 0.2) is 0 Å². The molecule has 0 spiro atoms. The molecular formula is C22H28F4O4S2. The van der Waals surface area contributed by atoms with Gasteiger partial charge >= 0.3 is 21.3 Å². The Bertz CT molecular complexity index is 1050. The van der Waals surface area contributed by atoms with Crippen molar-refractivity contribution in [3.8, 4) is 5.75 Å². The lowest BCUT2D eigenvalue weighted by Crippen LogP contribution is -2.47. The summed E-state index contributed by atoms with van der Waals surface area (Å²) < 4.78 is 92.6. The lowest BCUT2D eigenvalue weighted by atomic mass is 10.1. The van der Waals surface area contributed by atoms with Gasteiger partial charge in [0.25, 0.3) is 0 Å². The van der Waals surface area contributed by atoms with Gasteiger partial charge in [-0.2, -0.15) is 26.0 Å². The summed E-state index contributed by atoms with van der Waals surface area (Å²) in [6.07, 6.45) is 1.60. The molecule has 0 saturated carbocycles. The van der Waals surface area contributed by atoms with Crippen LogP contribution in [0.3, 0.4) is 0 Å². The summed E-state index contributed by atoms with van der Waals surface area (Å²) in [5, 5.41) is -4.00. The van der Waals surface area contributed by atoms with Crippen LogP contribution in [0.5, 0.6) is 5.75 Å². The highest BCUT2D eigenvalue weighted by atomic mass is 32.3. The minimum absolute atomic E-state index is 0.208. The van der Waals surface area contributed by atoms with Crippen molar-refractivity contribution in [3.05, 3.63) is 36.4 Å². The quantitative estimate of drug-likeness (QED) is 0.266. The Labute approximate surface area is 187 Å². The van der Waals surface area contributed by atoms with Crippen LogP contribution in [0.1, 0.15) is 46.0 Å². The highest BCUT2D eigenvalue weighted by molar-refractivity contribution is 8.33. The summed E-state index contributed by atoms with van der Waals surface area (Å²) in [6.45, 7) is 3.35. The lowest BCUT2D eigenvalue weighted by Gasteiger charge is -2.37. The van der Waals surface area contributed by atoms with Crippen molar-refractivity contribution in [2.75, 3.05) is 18.1 Å². The van der Waals surface area contributed by atoms with Crippen LogP contribution in [0.4, 0.5) is 17.6 Å². The highest BCUT2D eigenvalue weighted by Gasteiger charge is 2.66. The number of unbranched alkanes of at least 4 members (excludes halogenated alkanes) is 1. The molecule has 0 atom stereocenters. The van der Waals surface area contributed by atoms with Crippen LogP contribution in [0, 0.1) is 0 Å². The van der Waals surface area contributed by atoms with E-state index < -0.39 is 38.0 Å². The Morgan fingerprint density at radius 1 is 0.969 bits per heavy atom. The largest absolute Gasteiger partial charge is 0.493 e. The van der Waals surface area contributed by atoms with E-state index in [2.05, 4.69) is 0 Å². The molecule has 2 aromatic rings. The first-order valence-corrected chi connectivity index (χ1v) is 14.0. The van der Waals surface area contributed by atoms with Gasteiger partial charge in [0.05, 0.1) is 6.61 Å². The molecule has 0 aliphatic carbocycles. The van der Waals surface area contributed by atoms with Crippen molar-refractivity contribution in [3.63, 3.8) is 0 Å². The Kier molecular flexibility index (Phi) is 7.36.